The maximum Gasteiger partial charge on any atom is 0.143 e. The van der Waals surface area contributed by atoms with E-state index in [0.717, 1.165) is 34.0 Å². The minimum atomic E-state index is -1.08. The van der Waals surface area contributed by atoms with Crippen LogP contribution in [0.15, 0.2) is 35.1 Å². The number of halogens is 1. The number of ether oxygens (including phenoxy) is 1. The zero-order valence-electron chi connectivity index (χ0n) is 16.6. The maximum atomic E-state index is 10.8. The van der Waals surface area contributed by atoms with E-state index in [1.807, 2.05) is 16.8 Å². The first-order chi connectivity index (χ1) is 15.0. The van der Waals surface area contributed by atoms with Gasteiger partial charge >= 0.3 is 0 Å². The lowest BCUT2D eigenvalue weighted by Gasteiger charge is -2.24. The van der Waals surface area contributed by atoms with Crippen molar-refractivity contribution in [2.24, 2.45) is 0 Å². The van der Waals surface area contributed by atoms with Crippen molar-refractivity contribution < 1.29 is 14.9 Å². The van der Waals surface area contributed by atoms with Crippen molar-refractivity contribution in [1.82, 2.24) is 14.9 Å². The Morgan fingerprint density at radius 3 is 2.97 bits per heavy atom. The molecule has 0 unspecified atom stereocenters. The van der Waals surface area contributed by atoms with Crippen LogP contribution < -0.4 is 15.8 Å². The van der Waals surface area contributed by atoms with E-state index in [-0.39, 0.29) is 0 Å². The van der Waals surface area contributed by atoms with Crippen LogP contribution in [0.1, 0.15) is 29.2 Å². The number of rotatable bonds is 3. The van der Waals surface area contributed by atoms with Gasteiger partial charge in [-0.1, -0.05) is 0 Å². The molecule has 3 aromatic rings. The van der Waals surface area contributed by atoms with E-state index in [0.29, 0.717) is 35.6 Å². The average Bonchev–Trinajstić information content (AvgIpc) is 3.25. The zero-order valence-corrected chi connectivity index (χ0v) is 18.2. The summed E-state index contributed by atoms with van der Waals surface area (Å²) >= 11 is 3.52. The number of nitrogens with two attached hydrogens (primary N) is 1. The van der Waals surface area contributed by atoms with Gasteiger partial charge in [0.2, 0.25) is 0 Å². The quantitative estimate of drug-likeness (QED) is 0.448. The summed E-state index contributed by atoms with van der Waals surface area (Å²) in [5, 5.41) is 35.1. The van der Waals surface area contributed by atoms with Crippen molar-refractivity contribution in [3.05, 3.63) is 51.8 Å². The number of pyridine rings is 1. The number of hydrogen-bond acceptors (Lipinski definition) is 7. The van der Waals surface area contributed by atoms with Crippen LogP contribution in [0.2, 0.25) is 0 Å². The molecular formula is C22H22BrN5O3. The Balaban J connectivity index is 1.48. The molecule has 1 saturated carbocycles. The zero-order chi connectivity index (χ0) is 21.7. The number of aliphatic hydroxyl groups is 2. The van der Waals surface area contributed by atoms with Crippen LogP contribution in [-0.2, 0) is 13.0 Å². The highest BCUT2D eigenvalue weighted by Gasteiger charge is 2.45. The van der Waals surface area contributed by atoms with Crippen LogP contribution in [0, 0.1) is 11.3 Å². The monoisotopic (exact) mass is 483 g/mol. The minimum Gasteiger partial charge on any atom is -0.487 e. The molecule has 31 heavy (non-hydrogen) atoms. The smallest absolute Gasteiger partial charge is 0.143 e. The summed E-state index contributed by atoms with van der Waals surface area (Å²) in [5.41, 5.74) is 9.93. The Hall–Kier alpha value is -2.64. The fourth-order valence-corrected chi connectivity index (χ4v) is 5.29. The molecule has 1 fully saturated rings. The third-order valence-electron chi connectivity index (χ3n) is 6.24. The Labute approximate surface area is 187 Å². The molecule has 0 saturated heterocycles. The summed E-state index contributed by atoms with van der Waals surface area (Å²) in [5.74, 6) is 0.582. The number of nitrogen functional groups attached to an aromatic ring is 1. The molecule has 160 valence electrons. The number of fused-ring (bicyclic) bond motifs is 2. The second-order valence-electron chi connectivity index (χ2n) is 8.07. The predicted octanol–water partition coefficient (Wildman–Crippen LogP) is 2.01. The van der Waals surface area contributed by atoms with Crippen molar-refractivity contribution in [3.8, 4) is 11.8 Å². The van der Waals surface area contributed by atoms with Crippen LogP contribution in [-0.4, -0.2) is 44.6 Å². The molecule has 4 atom stereocenters. The number of nitrogens with one attached hydrogen (secondary N) is 1. The minimum absolute atomic E-state index is 0.383. The van der Waals surface area contributed by atoms with Crippen molar-refractivity contribution >= 4 is 32.7 Å². The largest absolute Gasteiger partial charge is 0.487 e. The van der Waals surface area contributed by atoms with Gasteiger partial charge in [-0.3, -0.25) is 0 Å². The van der Waals surface area contributed by atoms with Crippen LogP contribution >= 0.6 is 15.9 Å². The molecule has 1 aromatic carbocycles. The van der Waals surface area contributed by atoms with E-state index < -0.39 is 24.4 Å². The van der Waals surface area contributed by atoms with Crippen molar-refractivity contribution in [1.29, 1.82) is 5.26 Å². The lowest BCUT2D eigenvalue weighted by Crippen LogP contribution is -2.35. The summed E-state index contributed by atoms with van der Waals surface area (Å²) in [7, 11) is 0. The molecule has 5 rings (SSSR count). The molecule has 2 aliphatic rings. The Morgan fingerprint density at radius 2 is 2.16 bits per heavy atom. The number of nitriles is 1. The Bertz CT molecular complexity index is 1200. The molecule has 1 aliphatic carbocycles. The van der Waals surface area contributed by atoms with E-state index >= 15 is 0 Å². The summed E-state index contributed by atoms with van der Waals surface area (Å²) in [6.45, 7) is 1.49. The molecule has 9 heteroatoms. The molecule has 0 radical (unpaired) electrons. The third-order valence-corrected chi connectivity index (χ3v) is 6.84. The highest BCUT2D eigenvalue weighted by Crippen LogP contribution is 2.40. The molecule has 5 N–H and O–H groups in total. The highest BCUT2D eigenvalue weighted by atomic mass is 79.9. The summed E-state index contributed by atoms with van der Waals surface area (Å²) < 4.78 is 8.84. The van der Waals surface area contributed by atoms with Gasteiger partial charge in [0.25, 0.3) is 0 Å². The van der Waals surface area contributed by atoms with Gasteiger partial charge in [-0.15, -0.1) is 0 Å². The van der Waals surface area contributed by atoms with E-state index in [1.54, 1.807) is 18.3 Å². The first kappa shape index (κ1) is 20.3. The molecule has 0 spiro atoms. The van der Waals surface area contributed by atoms with Gasteiger partial charge < -0.3 is 30.6 Å². The van der Waals surface area contributed by atoms with Crippen LogP contribution in [0.4, 0.5) is 5.69 Å². The first-order valence-corrected chi connectivity index (χ1v) is 11.0. The fraction of sp³-hybridized carbons (Fsp3) is 0.364. The van der Waals surface area contributed by atoms with Crippen LogP contribution in [0.25, 0.3) is 11.0 Å². The summed E-state index contributed by atoms with van der Waals surface area (Å²) in [4.78, 5) is 4.43. The standard InChI is InChI=1S/C22H22BrN5O3/c23-14-10-28(22-19(14)15(25)2-4-27-22)16-7-18(21(30)20(16)29)31-17-6-11(8-24)5-12-1-3-26-9-13(12)17/h2,4-6,10,16,18,20-21,26,29-30H,1,3,7,9H2,(H2,25,27)/t16-,18+,20+,21-/m1/s1. The number of hydrogen-bond donors (Lipinski definition) is 4. The number of anilines is 1. The van der Waals surface area contributed by atoms with Crippen LogP contribution in [0.5, 0.6) is 5.75 Å². The van der Waals surface area contributed by atoms with Gasteiger partial charge in [0, 0.05) is 41.1 Å². The molecule has 2 aromatic heterocycles. The van der Waals surface area contributed by atoms with Gasteiger partial charge in [-0.2, -0.15) is 5.26 Å². The van der Waals surface area contributed by atoms with E-state index in [9.17, 15) is 15.5 Å². The molecule has 1 aliphatic heterocycles. The van der Waals surface area contributed by atoms with E-state index in [4.69, 9.17) is 10.5 Å². The van der Waals surface area contributed by atoms with Crippen LogP contribution in [0.3, 0.4) is 0 Å². The van der Waals surface area contributed by atoms with Gasteiger partial charge in [-0.05, 0) is 52.7 Å². The normalized spacial score (nSPS) is 25.4. The van der Waals surface area contributed by atoms with Gasteiger partial charge in [0.05, 0.1) is 23.1 Å². The van der Waals surface area contributed by atoms with Gasteiger partial charge in [0.1, 0.15) is 29.7 Å². The first-order valence-electron chi connectivity index (χ1n) is 10.2. The summed E-state index contributed by atoms with van der Waals surface area (Å²) in [6.07, 6.45) is 1.91. The lowest BCUT2D eigenvalue weighted by molar-refractivity contribution is -0.0166. The van der Waals surface area contributed by atoms with Crippen molar-refractivity contribution in [2.75, 3.05) is 12.3 Å². The lowest BCUT2D eigenvalue weighted by atomic mass is 9.97. The van der Waals surface area contributed by atoms with Crippen molar-refractivity contribution in [2.45, 2.75) is 43.7 Å². The fourth-order valence-electron chi connectivity index (χ4n) is 4.66. The van der Waals surface area contributed by atoms with E-state index in [1.165, 1.54) is 0 Å². The van der Waals surface area contributed by atoms with Crippen molar-refractivity contribution in [3.63, 3.8) is 0 Å². The Kier molecular flexibility index (Phi) is 5.10. The number of aromatic nitrogens is 2. The SMILES string of the molecule is N#Cc1cc2c(c(O[C@H]3C[C@@H](n4cc(Br)c5c(N)ccnc54)[C@H](O)[C@@H]3O)c1)CNCC2. The molecular weight excluding hydrogens is 462 g/mol. The maximum absolute atomic E-state index is 10.8. The summed E-state index contributed by atoms with van der Waals surface area (Å²) in [6, 6.07) is 7.08. The van der Waals surface area contributed by atoms with Gasteiger partial charge in [0.15, 0.2) is 0 Å². The second kappa shape index (κ2) is 7.80. The topological polar surface area (TPSA) is 129 Å². The Morgan fingerprint density at radius 1 is 1.32 bits per heavy atom. The molecule has 3 heterocycles. The van der Waals surface area contributed by atoms with Gasteiger partial charge in [-0.25, -0.2) is 4.98 Å². The second-order valence-corrected chi connectivity index (χ2v) is 8.93. The van der Waals surface area contributed by atoms with E-state index in [2.05, 4.69) is 32.3 Å². The average molecular weight is 484 g/mol. The number of aliphatic hydroxyl groups excluding tert-OH is 2. The highest BCUT2D eigenvalue weighted by molar-refractivity contribution is 9.10. The molecule has 8 nitrogen and oxygen atoms in total. The number of nitrogens with zero attached hydrogens (tertiary/aromatic N) is 3. The molecule has 0 amide bonds. The number of benzene rings is 1. The third kappa shape index (κ3) is 3.36. The predicted molar refractivity (Wildman–Crippen MR) is 118 cm³/mol. The molecule has 0 bridgehead atoms.